The molecule has 1 saturated carbocycles. The zero-order valence-electron chi connectivity index (χ0n) is 10.1. The van der Waals surface area contributed by atoms with Crippen LogP contribution in [-0.2, 0) is 0 Å². The lowest BCUT2D eigenvalue weighted by atomic mass is 10.1. The number of nitrogens with one attached hydrogen (secondary N) is 1. The van der Waals surface area contributed by atoms with Gasteiger partial charge in [0, 0.05) is 16.7 Å². The summed E-state index contributed by atoms with van der Waals surface area (Å²) in [6, 6.07) is 5.34. The van der Waals surface area contributed by atoms with Crippen molar-refractivity contribution in [2.45, 2.75) is 25.7 Å². The van der Waals surface area contributed by atoms with Crippen molar-refractivity contribution in [3.63, 3.8) is 0 Å². The van der Waals surface area contributed by atoms with Gasteiger partial charge in [-0.1, -0.05) is 28.8 Å². The molecular formula is C13H18BrClN2O. The Morgan fingerprint density at radius 3 is 2.67 bits per heavy atom. The fourth-order valence-electron chi connectivity index (χ4n) is 2.29. The van der Waals surface area contributed by atoms with Gasteiger partial charge >= 0.3 is 0 Å². The molecule has 2 rings (SSSR count). The molecule has 1 aliphatic carbocycles. The smallest absolute Gasteiger partial charge is 0.253 e. The molecule has 0 aromatic heterocycles. The third-order valence-electron chi connectivity index (χ3n) is 3.28. The average Bonchev–Trinajstić information content (AvgIpc) is 2.78. The van der Waals surface area contributed by atoms with Gasteiger partial charge in [-0.15, -0.1) is 12.4 Å². The topological polar surface area (TPSA) is 55.1 Å². The van der Waals surface area contributed by atoms with Crippen LogP contribution >= 0.6 is 28.3 Å². The van der Waals surface area contributed by atoms with Gasteiger partial charge in [-0.3, -0.25) is 4.79 Å². The molecule has 0 spiro atoms. The lowest BCUT2D eigenvalue weighted by molar-refractivity contribution is 0.0948. The number of rotatable bonds is 3. The standard InChI is InChI=1S/C13H17BrN2O.ClH/c14-10-5-6-11(12(15)7-10)13(17)16-8-9-3-1-2-4-9;/h5-7,9H,1-4,8,15H2,(H,16,17);1H. The van der Waals surface area contributed by atoms with Crippen molar-refractivity contribution in [2.75, 3.05) is 12.3 Å². The van der Waals surface area contributed by atoms with Crippen LogP contribution in [0.5, 0.6) is 0 Å². The van der Waals surface area contributed by atoms with E-state index in [1.165, 1.54) is 25.7 Å². The van der Waals surface area contributed by atoms with E-state index in [4.69, 9.17) is 5.73 Å². The van der Waals surface area contributed by atoms with Crippen LogP contribution in [0.2, 0.25) is 0 Å². The molecule has 0 aliphatic heterocycles. The molecule has 1 aromatic rings. The number of carbonyl (C=O) groups is 1. The van der Waals surface area contributed by atoms with E-state index < -0.39 is 0 Å². The van der Waals surface area contributed by atoms with Crippen LogP contribution in [0.25, 0.3) is 0 Å². The van der Waals surface area contributed by atoms with Crippen molar-refractivity contribution < 1.29 is 4.79 Å². The van der Waals surface area contributed by atoms with Crippen molar-refractivity contribution in [1.82, 2.24) is 5.32 Å². The summed E-state index contributed by atoms with van der Waals surface area (Å²) < 4.78 is 0.891. The Labute approximate surface area is 122 Å². The molecule has 1 aromatic carbocycles. The molecule has 3 nitrogen and oxygen atoms in total. The lowest BCUT2D eigenvalue weighted by Gasteiger charge is -2.11. The van der Waals surface area contributed by atoms with E-state index in [-0.39, 0.29) is 18.3 Å². The van der Waals surface area contributed by atoms with E-state index in [1.807, 2.05) is 6.07 Å². The van der Waals surface area contributed by atoms with Crippen LogP contribution in [0.3, 0.4) is 0 Å². The number of amides is 1. The Balaban J connectivity index is 0.00000162. The van der Waals surface area contributed by atoms with Gasteiger partial charge in [0.15, 0.2) is 0 Å². The number of benzene rings is 1. The normalized spacial score (nSPS) is 15.2. The van der Waals surface area contributed by atoms with E-state index in [2.05, 4.69) is 21.2 Å². The second-order valence-corrected chi connectivity index (χ2v) is 5.51. The summed E-state index contributed by atoms with van der Waals surface area (Å²) in [5.74, 6) is 0.581. The SMILES string of the molecule is Cl.Nc1cc(Br)ccc1C(=O)NCC1CCCC1. The Morgan fingerprint density at radius 2 is 2.06 bits per heavy atom. The molecule has 1 fully saturated rings. The third-order valence-corrected chi connectivity index (χ3v) is 3.78. The number of nitrogens with two attached hydrogens (primary N) is 1. The molecule has 3 N–H and O–H groups in total. The van der Waals surface area contributed by atoms with E-state index >= 15 is 0 Å². The molecule has 5 heteroatoms. The largest absolute Gasteiger partial charge is 0.398 e. The molecule has 18 heavy (non-hydrogen) atoms. The van der Waals surface area contributed by atoms with Crippen molar-refractivity contribution in [2.24, 2.45) is 5.92 Å². The summed E-state index contributed by atoms with van der Waals surface area (Å²) in [5.41, 5.74) is 6.89. The second kappa shape index (κ2) is 7.00. The summed E-state index contributed by atoms with van der Waals surface area (Å²) >= 11 is 3.33. The van der Waals surface area contributed by atoms with Gasteiger partial charge < -0.3 is 11.1 Å². The van der Waals surface area contributed by atoms with Crippen LogP contribution in [-0.4, -0.2) is 12.5 Å². The summed E-state index contributed by atoms with van der Waals surface area (Å²) in [7, 11) is 0. The fourth-order valence-corrected chi connectivity index (χ4v) is 2.67. The number of hydrogen-bond acceptors (Lipinski definition) is 2. The molecule has 0 saturated heterocycles. The predicted octanol–water partition coefficient (Wildman–Crippen LogP) is 3.37. The van der Waals surface area contributed by atoms with Gasteiger partial charge in [-0.05, 0) is 37.0 Å². The molecule has 0 bridgehead atoms. The Morgan fingerprint density at radius 1 is 1.39 bits per heavy atom. The number of halogens is 2. The van der Waals surface area contributed by atoms with Crippen LogP contribution < -0.4 is 11.1 Å². The first-order valence-electron chi connectivity index (χ1n) is 6.00. The molecule has 0 heterocycles. The van der Waals surface area contributed by atoms with Crippen molar-refractivity contribution in [1.29, 1.82) is 0 Å². The highest BCUT2D eigenvalue weighted by molar-refractivity contribution is 9.10. The first-order valence-corrected chi connectivity index (χ1v) is 6.79. The van der Waals surface area contributed by atoms with Crippen LogP contribution in [0.4, 0.5) is 5.69 Å². The number of hydrogen-bond donors (Lipinski definition) is 2. The number of anilines is 1. The molecular weight excluding hydrogens is 316 g/mol. The van der Waals surface area contributed by atoms with Crippen LogP contribution in [0, 0.1) is 5.92 Å². The Hall–Kier alpha value is -0.740. The summed E-state index contributed by atoms with van der Waals surface area (Å²) in [6.45, 7) is 0.772. The lowest BCUT2D eigenvalue weighted by Crippen LogP contribution is -2.28. The minimum absolute atomic E-state index is 0. The highest BCUT2D eigenvalue weighted by atomic mass is 79.9. The molecule has 1 amide bonds. The highest BCUT2D eigenvalue weighted by Gasteiger charge is 2.16. The van der Waals surface area contributed by atoms with Crippen molar-refractivity contribution in [3.8, 4) is 0 Å². The minimum Gasteiger partial charge on any atom is -0.398 e. The molecule has 0 unspecified atom stereocenters. The molecule has 0 radical (unpaired) electrons. The van der Waals surface area contributed by atoms with Gasteiger partial charge in [0.1, 0.15) is 0 Å². The zero-order valence-corrected chi connectivity index (χ0v) is 12.5. The van der Waals surface area contributed by atoms with Gasteiger partial charge in [0.2, 0.25) is 0 Å². The van der Waals surface area contributed by atoms with Gasteiger partial charge in [-0.25, -0.2) is 0 Å². The van der Waals surface area contributed by atoms with Crippen molar-refractivity contribution >= 4 is 39.9 Å². The molecule has 0 atom stereocenters. The van der Waals surface area contributed by atoms with Gasteiger partial charge in [0.05, 0.1) is 5.56 Å². The first kappa shape index (κ1) is 15.3. The molecule has 100 valence electrons. The van der Waals surface area contributed by atoms with E-state index in [0.29, 0.717) is 17.2 Å². The quantitative estimate of drug-likeness (QED) is 0.833. The van der Waals surface area contributed by atoms with E-state index in [1.54, 1.807) is 12.1 Å². The second-order valence-electron chi connectivity index (χ2n) is 4.59. The van der Waals surface area contributed by atoms with E-state index in [9.17, 15) is 4.79 Å². The third kappa shape index (κ3) is 3.89. The minimum atomic E-state index is -0.0677. The summed E-state index contributed by atoms with van der Waals surface area (Å²) in [5, 5.41) is 2.97. The maximum absolute atomic E-state index is 11.9. The fraction of sp³-hybridized carbons (Fsp3) is 0.462. The first-order chi connectivity index (χ1) is 8.16. The monoisotopic (exact) mass is 332 g/mol. The van der Waals surface area contributed by atoms with Crippen molar-refractivity contribution in [3.05, 3.63) is 28.2 Å². The number of carbonyl (C=O) groups excluding carboxylic acids is 1. The molecule has 1 aliphatic rings. The number of nitrogen functional groups attached to an aromatic ring is 1. The maximum Gasteiger partial charge on any atom is 0.253 e. The van der Waals surface area contributed by atoms with Crippen LogP contribution in [0.1, 0.15) is 36.0 Å². The Kier molecular flexibility index (Phi) is 5.96. The zero-order chi connectivity index (χ0) is 12.3. The van der Waals surface area contributed by atoms with Crippen LogP contribution in [0.15, 0.2) is 22.7 Å². The average molecular weight is 334 g/mol. The van der Waals surface area contributed by atoms with E-state index in [0.717, 1.165) is 11.0 Å². The Bertz CT molecular complexity index is 419. The maximum atomic E-state index is 11.9. The summed E-state index contributed by atoms with van der Waals surface area (Å²) in [6.07, 6.45) is 5.05. The van der Waals surface area contributed by atoms with Gasteiger partial charge in [-0.2, -0.15) is 0 Å². The highest BCUT2D eigenvalue weighted by Crippen LogP contribution is 2.24. The summed E-state index contributed by atoms with van der Waals surface area (Å²) in [4.78, 5) is 11.9. The predicted molar refractivity (Wildman–Crippen MR) is 80.1 cm³/mol. The van der Waals surface area contributed by atoms with Gasteiger partial charge in [0.25, 0.3) is 5.91 Å².